The van der Waals surface area contributed by atoms with Gasteiger partial charge < -0.3 is 4.74 Å². The van der Waals surface area contributed by atoms with Gasteiger partial charge in [-0.1, -0.05) is 6.92 Å². The highest BCUT2D eigenvalue weighted by molar-refractivity contribution is 9.10. The SMILES string of the molecule is CCCC(=O)OC1(Br)CC1. The first-order chi connectivity index (χ1) is 4.66. The fourth-order valence-corrected chi connectivity index (χ4v) is 1.04. The minimum Gasteiger partial charge on any atom is -0.447 e. The van der Waals surface area contributed by atoms with E-state index in [1.54, 1.807) is 0 Å². The predicted molar refractivity (Wildman–Crippen MR) is 41.9 cm³/mol. The van der Waals surface area contributed by atoms with E-state index < -0.39 is 0 Å². The highest BCUT2D eigenvalue weighted by Gasteiger charge is 2.43. The summed E-state index contributed by atoms with van der Waals surface area (Å²) in [6.45, 7) is 1.97. The summed E-state index contributed by atoms with van der Waals surface area (Å²) in [7, 11) is 0. The van der Waals surface area contributed by atoms with E-state index in [9.17, 15) is 4.79 Å². The summed E-state index contributed by atoms with van der Waals surface area (Å²) < 4.78 is 4.80. The van der Waals surface area contributed by atoms with Crippen molar-refractivity contribution in [3.63, 3.8) is 0 Å². The van der Waals surface area contributed by atoms with Crippen LogP contribution in [-0.4, -0.2) is 10.5 Å². The molecular weight excluding hydrogens is 196 g/mol. The van der Waals surface area contributed by atoms with Crippen LogP contribution >= 0.6 is 15.9 Å². The van der Waals surface area contributed by atoms with Crippen molar-refractivity contribution in [2.24, 2.45) is 0 Å². The second kappa shape index (κ2) is 2.91. The van der Waals surface area contributed by atoms with Crippen molar-refractivity contribution in [3.05, 3.63) is 0 Å². The highest BCUT2D eigenvalue weighted by atomic mass is 79.9. The van der Waals surface area contributed by atoms with Crippen LogP contribution in [0.3, 0.4) is 0 Å². The van der Waals surface area contributed by atoms with Crippen LogP contribution in [0, 0.1) is 0 Å². The largest absolute Gasteiger partial charge is 0.447 e. The van der Waals surface area contributed by atoms with Gasteiger partial charge in [0.15, 0.2) is 4.51 Å². The molecular formula is C7H11BrO2. The molecule has 0 spiro atoms. The number of ether oxygens (including phenoxy) is 1. The summed E-state index contributed by atoms with van der Waals surface area (Å²) in [5.74, 6) is -0.0862. The van der Waals surface area contributed by atoms with Gasteiger partial charge in [-0.3, -0.25) is 4.79 Å². The summed E-state index contributed by atoms with van der Waals surface area (Å²) >= 11 is 3.32. The summed E-state index contributed by atoms with van der Waals surface area (Å²) in [5.41, 5.74) is 0. The monoisotopic (exact) mass is 206 g/mol. The maximum atomic E-state index is 10.8. The maximum Gasteiger partial charge on any atom is 0.307 e. The molecule has 0 saturated heterocycles. The molecule has 1 fully saturated rings. The molecule has 0 aromatic heterocycles. The van der Waals surface area contributed by atoms with E-state index in [0.717, 1.165) is 19.3 Å². The first-order valence-electron chi connectivity index (χ1n) is 3.57. The molecule has 58 valence electrons. The van der Waals surface area contributed by atoms with Crippen LogP contribution in [0.25, 0.3) is 0 Å². The molecule has 2 nitrogen and oxygen atoms in total. The number of halogens is 1. The lowest BCUT2D eigenvalue weighted by Gasteiger charge is -2.07. The zero-order valence-corrected chi connectivity index (χ0v) is 7.61. The second-order valence-electron chi connectivity index (χ2n) is 2.61. The molecule has 1 aliphatic carbocycles. The first-order valence-corrected chi connectivity index (χ1v) is 4.36. The number of carbonyl (C=O) groups is 1. The number of carbonyl (C=O) groups excluding carboxylic acids is 1. The molecule has 0 heterocycles. The summed E-state index contributed by atoms with van der Waals surface area (Å²) in [4.78, 5) is 10.8. The van der Waals surface area contributed by atoms with Crippen molar-refractivity contribution >= 4 is 21.9 Å². The Kier molecular flexibility index (Phi) is 2.34. The molecule has 1 aliphatic rings. The normalized spacial score (nSPS) is 20.2. The van der Waals surface area contributed by atoms with E-state index in [2.05, 4.69) is 15.9 Å². The van der Waals surface area contributed by atoms with Crippen LogP contribution in [0.4, 0.5) is 0 Å². The standard InChI is InChI=1S/C7H11BrO2/c1-2-3-6(9)10-7(8)4-5-7/h2-5H2,1H3. The molecule has 0 bridgehead atoms. The van der Waals surface area contributed by atoms with Gasteiger partial charge in [-0.05, 0) is 22.4 Å². The van der Waals surface area contributed by atoms with Gasteiger partial charge in [-0.15, -0.1) is 0 Å². The first kappa shape index (κ1) is 8.05. The van der Waals surface area contributed by atoms with E-state index in [1.165, 1.54) is 0 Å². The summed E-state index contributed by atoms with van der Waals surface area (Å²) in [5, 5.41) is 0. The van der Waals surface area contributed by atoms with Crippen molar-refractivity contribution in [1.82, 2.24) is 0 Å². The lowest BCUT2D eigenvalue weighted by molar-refractivity contribution is -0.146. The third-order valence-corrected chi connectivity index (χ3v) is 2.35. The number of alkyl halides is 1. The Balaban J connectivity index is 2.18. The van der Waals surface area contributed by atoms with Crippen LogP contribution in [0.1, 0.15) is 32.6 Å². The smallest absolute Gasteiger partial charge is 0.307 e. The minimum atomic E-state index is -0.265. The lowest BCUT2D eigenvalue weighted by Crippen LogP contribution is -2.11. The van der Waals surface area contributed by atoms with E-state index in [4.69, 9.17) is 4.74 Å². The fourth-order valence-electron chi connectivity index (χ4n) is 0.660. The Morgan fingerprint density at radius 1 is 1.70 bits per heavy atom. The van der Waals surface area contributed by atoms with Gasteiger partial charge in [0.05, 0.1) is 0 Å². The van der Waals surface area contributed by atoms with Crippen LogP contribution in [0.5, 0.6) is 0 Å². The zero-order valence-electron chi connectivity index (χ0n) is 6.02. The predicted octanol–water partition coefficient (Wildman–Crippen LogP) is 2.21. The molecule has 0 N–H and O–H groups in total. The lowest BCUT2D eigenvalue weighted by atomic mass is 10.3. The Morgan fingerprint density at radius 2 is 2.30 bits per heavy atom. The molecule has 10 heavy (non-hydrogen) atoms. The Hall–Kier alpha value is -0.0500. The maximum absolute atomic E-state index is 10.8. The van der Waals surface area contributed by atoms with Crippen molar-refractivity contribution in [3.8, 4) is 0 Å². The highest BCUT2D eigenvalue weighted by Crippen LogP contribution is 2.45. The van der Waals surface area contributed by atoms with Gasteiger partial charge in [0.25, 0.3) is 0 Å². The van der Waals surface area contributed by atoms with Gasteiger partial charge in [0.2, 0.25) is 0 Å². The number of hydrogen-bond donors (Lipinski definition) is 0. The van der Waals surface area contributed by atoms with Gasteiger partial charge in [-0.25, -0.2) is 0 Å². The average Bonchev–Trinajstić information content (AvgIpc) is 2.48. The quantitative estimate of drug-likeness (QED) is 0.523. The van der Waals surface area contributed by atoms with Crippen LogP contribution < -0.4 is 0 Å². The zero-order chi connectivity index (χ0) is 7.61. The van der Waals surface area contributed by atoms with Crippen molar-refractivity contribution in [2.75, 3.05) is 0 Å². The molecule has 1 saturated carbocycles. The molecule has 0 aliphatic heterocycles. The Bertz CT molecular complexity index is 141. The third-order valence-electron chi connectivity index (χ3n) is 1.39. The molecule has 0 aromatic rings. The molecule has 3 heteroatoms. The van der Waals surface area contributed by atoms with Crippen LogP contribution in [0.15, 0.2) is 0 Å². The van der Waals surface area contributed by atoms with Crippen molar-refractivity contribution in [2.45, 2.75) is 37.1 Å². The third kappa shape index (κ3) is 2.29. The number of esters is 1. The van der Waals surface area contributed by atoms with E-state index in [1.807, 2.05) is 6.92 Å². The van der Waals surface area contributed by atoms with Gasteiger partial charge >= 0.3 is 5.97 Å². The fraction of sp³-hybridized carbons (Fsp3) is 0.857. The summed E-state index contributed by atoms with van der Waals surface area (Å²) in [6.07, 6.45) is 3.32. The molecule has 0 radical (unpaired) electrons. The molecule has 1 rings (SSSR count). The van der Waals surface area contributed by atoms with Crippen molar-refractivity contribution in [1.29, 1.82) is 0 Å². The molecule has 0 unspecified atom stereocenters. The van der Waals surface area contributed by atoms with E-state index in [-0.39, 0.29) is 10.5 Å². The Morgan fingerprint density at radius 3 is 2.70 bits per heavy atom. The average molecular weight is 207 g/mol. The van der Waals surface area contributed by atoms with Gasteiger partial charge in [0, 0.05) is 19.3 Å². The van der Waals surface area contributed by atoms with Gasteiger partial charge in [-0.2, -0.15) is 0 Å². The molecule has 0 aromatic carbocycles. The molecule has 0 atom stereocenters. The molecule has 0 amide bonds. The van der Waals surface area contributed by atoms with Crippen LogP contribution in [0.2, 0.25) is 0 Å². The van der Waals surface area contributed by atoms with E-state index in [0.29, 0.717) is 6.42 Å². The number of hydrogen-bond acceptors (Lipinski definition) is 2. The summed E-state index contributed by atoms with van der Waals surface area (Å²) in [6, 6.07) is 0. The van der Waals surface area contributed by atoms with Gasteiger partial charge in [0.1, 0.15) is 0 Å². The second-order valence-corrected chi connectivity index (χ2v) is 4.05. The van der Waals surface area contributed by atoms with E-state index >= 15 is 0 Å². The minimum absolute atomic E-state index is 0.0862. The number of rotatable bonds is 3. The van der Waals surface area contributed by atoms with Crippen molar-refractivity contribution < 1.29 is 9.53 Å². The topological polar surface area (TPSA) is 26.3 Å². The van der Waals surface area contributed by atoms with Crippen LogP contribution in [-0.2, 0) is 9.53 Å². The Labute approximate surface area is 69.1 Å².